The maximum absolute atomic E-state index is 11.1. The summed E-state index contributed by atoms with van der Waals surface area (Å²) in [5.41, 5.74) is 2.10. The van der Waals surface area contributed by atoms with Crippen molar-refractivity contribution in [1.29, 1.82) is 0 Å². The highest BCUT2D eigenvalue weighted by Crippen LogP contribution is 2.20. The normalized spacial score (nSPS) is 10.4. The van der Waals surface area contributed by atoms with Crippen LogP contribution in [0.5, 0.6) is 5.75 Å². The molecule has 0 spiro atoms. The molecule has 0 amide bonds. The molecule has 1 heterocycles. The predicted octanol–water partition coefficient (Wildman–Crippen LogP) is 3.14. The Bertz CT molecular complexity index is 570. The molecule has 0 aliphatic heterocycles. The van der Waals surface area contributed by atoms with Crippen LogP contribution in [-0.2, 0) is 6.42 Å². The van der Waals surface area contributed by atoms with E-state index in [1.807, 2.05) is 42.7 Å². The first-order chi connectivity index (χ1) is 9.17. The van der Waals surface area contributed by atoms with E-state index in [2.05, 4.69) is 0 Å². The molecule has 1 aromatic heterocycles. The molecule has 0 fully saturated rings. The number of hydrogen-bond donors (Lipinski definition) is 1. The van der Waals surface area contributed by atoms with Gasteiger partial charge in [0, 0.05) is 17.6 Å². The number of aromatic carboxylic acids is 1. The lowest BCUT2D eigenvalue weighted by molar-refractivity contribution is 0.0696. The Kier molecular flexibility index (Phi) is 3.90. The zero-order chi connectivity index (χ0) is 13.8. The molecular formula is C15H17NO3. The highest BCUT2D eigenvalue weighted by molar-refractivity contribution is 5.89. The van der Waals surface area contributed by atoms with E-state index in [9.17, 15) is 4.79 Å². The van der Waals surface area contributed by atoms with E-state index in [0.29, 0.717) is 18.6 Å². The summed E-state index contributed by atoms with van der Waals surface area (Å²) in [4.78, 5) is 11.1. The van der Waals surface area contributed by atoms with Gasteiger partial charge in [0.15, 0.2) is 0 Å². The summed E-state index contributed by atoms with van der Waals surface area (Å²) in [6.07, 6.45) is 2.46. The quantitative estimate of drug-likeness (QED) is 0.897. The van der Waals surface area contributed by atoms with Gasteiger partial charge in [0.2, 0.25) is 0 Å². The number of aromatic nitrogens is 1. The number of benzene rings is 1. The summed E-state index contributed by atoms with van der Waals surface area (Å²) < 4.78 is 7.30. The van der Waals surface area contributed by atoms with Crippen molar-refractivity contribution in [1.82, 2.24) is 4.57 Å². The predicted molar refractivity (Wildman–Crippen MR) is 73.3 cm³/mol. The molecular weight excluding hydrogens is 242 g/mol. The number of rotatable bonds is 5. The van der Waals surface area contributed by atoms with E-state index < -0.39 is 5.97 Å². The van der Waals surface area contributed by atoms with Crippen LogP contribution < -0.4 is 4.74 Å². The van der Waals surface area contributed by atoms with Crippen molar-refractivity contribution in [2.75, 3.05) is 6.61 Å². The van der Waals surface area contributed by atoms with Gasteiger partial charge in [0.1, 0.15) is 5.75 Å². The van der Waals surface area contributed by atoms with Crippen LogP contribution in [-0.4, -0.2) is 22.2 Å². The van der Waals surface area contributed by atoms with E-state index in [1.165, 1.54) is 0 Å². The van der Waals surface area contributed by atoms with Crippen molar-refractivity contribution < 1.29 is 14.6 Å². The van der Waals surface area contributed by atoms with Crippen LogP contribution in [0.15, 0.2) is 36.5 Å². The van der Waals surface area contributed by atoms with E-state index in [1.54, 1.807) is 12.3 Å². The highest BCUT2D eigenvalue weighted by Gasteiger charge is 2.14. The Morgan fingerprint density at radius 2 is 1.89 bits per heavy atom. The minimum atomic E-state index is -0.887. The largest absolute Gasteiger partial charge is 0.494 e. The molecule has 0 radical (unpaired) electrons. The topological polar surface area (TPSA) is 51.5 Å². The minimum Gasteiger partial charge on any atom is -0.494 e. The van der Waals surface area contributed by atoms with Crippen molar-refractivity contribution in [2.45, 2.75) is 20.3 Å². The second-order valence-corrected chi connectivity index (χ2v) is 4.13. The maximum atomic E-state index is 11.1. The maximum Gasteiger partial charge on any atom is 0.337 e. The molecule has 19 heavy (non-hydrogen) atoms. The third kappa shape index (κ3) is 2.62. The third-order valence-electron chi connectivity index (χ3n) is 2.98. The van der Waals surface area contributed by atoms with Crippen LogP contribution in [0.25, 0.3) is 5.69 Å². The molecule has 2 aromatic rings. The molecule has 2 rings (SSSR count). The lowest BCUT2D eigenvalue weighted by atomic mass is 10.2. The first kappa shape index (κ1) is 13.2. The average Bonchev–Trinajstić information content (AvgIpc) is 2.84. The summed E-state index contributed by atoms with van der Waals surface area (Å²) in [6.45, 7) is 4.52. The number of carbonyl (C=O) groups is 1. The van der Waals surface area contributed by atoms with E-state index in [4.69, 9.17) is 9.84 Å². The number of nitrogens with zero attached hydrogens (tertiary/aromatic N) is 1. The van der Waals surface area contributed by atoms with E-state index >= 15 is 0 Å². The van der Waals surface area contributed by atoms with Gasteiger partial charge in [-0.1, -0.05) is 6.92 Å². The van der Waals surface area contributed by atoms with Gasteiger partial charge in [-0.25, -0.2) is 4.79 Å². The van der Waals surface area contributed by atoms with Gasteiger partial charge in [-0.3, -0.25) is 0 Å². The Morgan fingerprint density at radius 3 is 2.42 bits per heavy atom. The molecule has 4 nitrogen and oxygen atoms in total. The van der Waals surface area contributed by atoms with Crippen molar-refractivity contribution in [2.24, 2.45) is 0 Å². The molecule has 0 atom stereocenters. The molecule has 0 bridgehead atoms. The molecule has 0 aliphatic carbocycles. The smallest absolute Gasteiger partial charge is 0.337 e. The Hall–Kier alpha value is -2.23. The zero-order valence-electron chi connectivity index (χ0n) is 11.1. The van der Waals surface area contributed by atoms with Gasteiger partial charge in [-0.2, -0.15) is 0 Å². The number of carboxylic acid groups (broad SMARTS) is 1. The summed E-state index contributed by atoms with van der Waals surface area (Å²) in [7, 11) is 0. The molecule has 0 unspecified atom stereocenters. The Morgan fingerprint density at radius 1 is 1.21 bits per heavy atom. The van der Waals surface area contributed by atoms with Crippen LogP contribution in [0.4, 0.5) is 0 Å². The molecule has 100 valence electrons. The highest BCUT2D eigenvalue weighted by atomic mass is 16.5. The van der Waals surface area contributed by atoms with Gasteiger partial charge in [-0.05, 0) is 43.7 Å². The summed E-state index contributed by atoms with van der Waals surface area (Å²) in [5.74, 6) is -0.0727. The number of ether oxygens (including phenoxy) is 1. The van der Waals surface area contributed by atoms with Crippen LogP contribution in [0.3, 0.4) is 0 Å². The van der Waals surface area contributed by atoms with E-state index in [0.717, 1.165) is 17.1 Å². The summed E-state index contributed by atoms with van der Waals surface area (Å²) in [6, 6.07) is 9.26. The standard InChI is InChI=1S/C15H17NO3/c1-3-14-13(15(17)18)9-10-16(14)11-5-7-12(8-6-11)19-4-2/h5-10H,3-4H2,1-2H3,(H,17,18). The summed E-state index contributed by atoms with van der Waals surface area (Å²) in [5, 5.41) is 9.14. The summed E-state index contributed by atoms with van der Waals surface area (Å²) >= 11 is 0. The molecule has 4 heteroatoms. The Balaban J connectivity index is 2.38. The second-order valence-electron chi connectivity index (χ2n) is 4.13. The Labute approximate surface area is 112 Å². The lowest BCUT2D eigenvalue weighted by Gasteiger charge is -2.10. The first-order valence-electron chi connectivity index (χ1n) is 6.34. The van der Waals surface area contributed by atoms with Gasteiger partial charge in [-0.15, -0.1) is 0 Å². The molecule has 0 saturated heterocycles. The third-order valence-corrected chi connectivity index (χ3v) is 2.98. The molecule has 1 N–H and O–H groups in total. The van der Waals surface area contributed by atoms with Crippen molar-refractivity contribution in [3.63, 3.8) is 0 Å². The van der Waals surface area contributed by atoms with Gasteiger partial charge in [0.05, 0.1) is 12.2 Å². The number of carboxylic acids is 1. The monoisotopic (exact) mass is 259 g/mol. The van der Waals surface area contributed by atoms with Gasteiger partial charge < -0.3 is 14.4 Å². The fourth-order valence-corrected chi connectivity index (χ4v) is 2.13. The minimum absolute atomic E-state index is 0.358. The van der Waals surface area contributed by atoms with Crippen LogP contribution in [0.1, 0.15) is 29.9 Å². The number of hydrogen-bond acceptors (Lipinski definition) is 2. The van der Waals surface area contributed by atoms with E-state index in [-0.39, 0.29) is 0 Å². The van der Waals surface area contributed by atoms with Crippen LogP contribution in [0.2, 0.25) is 0 Å². The van der Waals surface area contributed by atoms with Crippen molar-refractivity contribution in [3.05, 3.63) is 47.8 Å². The van der Waals surface area contributed by atoms with Gasteiger partial charge >= 0.3 is 5.97 Å². The molecule has 0 aliphatic rings. The van der Waals surface area contributed by atoms with Crippen LogP contribution in [0, 0.1) is 0 Å². The fourth-order valence-electron chi connectivity index (χ4n) is 2.13. The SMILES string of the molecule is CCOc1ccc(-n2ccc(C(=O)O)c2CC)cc1. The molecule has 0 saturated carbocycles. The van der Waals surface area contributed by atoms with Crippen LogP contribution >= 0.6 is 0 Å². The zero-order valence-corrected chi connectivity index (χ0v) is 11.1. The molecule has 1 aromatic carbocycles. The van der Waals surface area contributed by atoms with Crippen molar-refractivity contribution >= 4 is 5.97 Å². The average molecular weight is 259 g/mol. The first-order valence-corrected chi connectivity index (χ1v) is 6.34. The second kappa shape index (κ2) is 5.61. The van der Waals surface area contributed by atoms with Crippen molar-refractivity contribution in [3.8, 4) is 11.4 Å². The fraction of sp³-hybridized carbons (Fsp3) is 0.267. The van der Waals surface area contributed by atoms with Gasteiger partial charge in [0.25, 0.3) is 0 Å². The lowest BCUT2D eigenvalue weighted by Crippen LogP contribution is -2.04.